The highest BCUT2D eigenvalue weighted by atomic mass is 32.2. The van der Waals surface area contributed by atoms with Crippen LogP contribution in [-0.4, -0.2) is 60.1 Å². The van der Waals surface area contributed by atoms with Crippen molar-refractivity contribution in [3.8, 4) is 22.6 Å². The van der Waals surface area contributed by atoms with Gasteiger partial charge in [-0.05, 0) is 60.4 Å². The number of hydrazone groups is 1. The lowest BCUT2D eigenvalue weighted by Crippen LogP contribution is -2.23. The number of aromatic nitrogens is 2. The maximum Gasteiger partial charge on any atom is 0.289 e. The summed E-state index contributed by atoms with van der Waals surface area (Å²) in [4.78, 5) is 16.5. The van der Waals surface area contributed by atoms with Crippen molar-refractivity contribution < 1.29 is 31.8 Å². The van der Waals surface area contributed by atoms with E-state index >= 15 is 0 Å². The third kappa shape index (κ3) is 5.84. The number of hydrogen-bond acceptors (Lipinski definition) is 9. The maximum atomic E-state index is 13.6. The fourth-order valence-electron chi connectivity index (χ4n) is 4.38. The first-order valence-corrected chi connectivity index (χ1v) is 15.7. The number of sulfone groups is 2. The lowest BCUT2D eigenvalue weighted by molar-refractivity contribution is 0.0945. The number of pyridine rings is 2. The Labute approximate surface area is 231 Å². The number of rotatable bonds is 10. The normalized spacial score (nSPS) is 12.2. The van der Waals surface area contributed by atoms with E-state index in [9.17, 15) is 31.8 Å². The minimum absolute atomic E-state index is 0.0458. The molecule has 4 rings (SSSR count). The number of carbonyl (C=O) groups excluding carboxylic acids is 1. The summed E-state index contributed by atoms with van der Waals surface area (Å²) in [6.45, 7) is 3.31. The van der Waals surface area contributed by atoms with E-state index in [1.165, 1.54) is 22.7 Å². The number of carbonyl (C=O) groups is 1. The summed E-state index contributed by atoms with van der Waals surface area (Å²) >= 11 is 0. The maximum absolute atomic E-state index is 13.6. The molecule has 0 unspecified atom stereocenters. The molecule has 210 valence electrons. The van der Waals surface area contributed by atoms with Gasteiger partial charge in [-0.2, -0.15) is 5.10 Å². The second-order valence-electron chi connectivity index (χ2n) is 9.03. The summed E-state index contributed by atoms with van der Waals surface area (Å²) in [5, 5.41) is 23.2. The Morgan fingerprint density at radius 1 is 0.900 bits per heavy atom. The quantitative estimate of drug-likeness (QED) is 0.188. The van der Waals surface area contributed by atoms with Crippen molar-refractivity contribution in [2.75, 3.05) is 11.5 Å². The molecule has 0 atom stereocenters. The van der Waals surface area contributed by atoms with Crippen LogP contribution in [0.25, 0.3) is 16.6 Å². The van der Waals surface area contributed by atoms with Gasteiger partial charge in [0.25, 0.3) is 5.91 Å². The molecule has 0 aliphatic heterocycles. The number of hydrogen-bond donors (Lipinski definition) is 3. The Hall–Kier alpha value is -4.23. The molecule has 3 N–H and O–H groups in total. The first kappa shape index (κ1) is 28.8. The summed E-state index contributed by atoms with van der Waals surface area (Å²) < 4.78 is 55.5. The highest BCUT2D eigenvalue weighted by molar-refractivity contribution is 7.94. The summed E-state index contributed by atoms with van der Waals surface area (Å²) in [6.07, 6.45) is 6.18. The van der Waals surface area contributed by atoms with Crippen LogP contribution in [0.4, 0.5) is 0 Å². The zero-order valence-corrected chi connectivity index (χ0v) is 23.4. The molecule has 0 spiro atoms. The van der Waals surface area contributed by atoms with Crippen molar-refractivity contribution in [2.45, 2.75) is 36.5 Å². The predicted molar refractivity (Wildman–Crippen MR) is 150 cm³/mol. The molecule has 4 aromatic rings. The first-order valence-electron chi connectivity index (χ1n) is 12.4. The SMILES string of the molecule is CCCS(=O)(=O)c1c(S(=O)(=O)CCC)c2cc(-c3ccncc3)ccn2c1C(=O)NN=Cc1cc(O)cc(O)c1. The van der Waals surface area contributed by atoms with Gasteiger partial charge in [0.15, 0.2) is 19.7 Å². The third-order valence-electron chi connectivity index (χ3n) is 5.95. The van der Waals surface area contributed by atoms with E-state index < -0.39 is 41.1 Å². The van der Waals surface area contributed by atoms with Crippen LogP contribution in [0.2, 0.25) is 0 Å². The van der Waals surface area contributed by atoms with E-state index in [-0.39, 0.29) is 46.9 Å². The van der Waals surface area contributed by atoms with Gasteiger partial charge in [0.05, 0.1) is 23.2 Å². The number of nitrogens with one attached hydrogen (secondary N) is 1. The third-order valence-corrected chi connectivity index (χ3v) is 10.0. The molecule has 0 saturated carbocycles. The lowest BCUT2D eigenvalue weighted by Gasteiger charge is -2.08. The fourth-order valence-corrected chi connectivity index (χ4v) is 8.35. The van der Waals surface area contributed by atoms with Crippen LogP contribution in [-0.2, 0) is 19.7 Å². The molecule has 0 radical (unpaired) electrons. The molecular weight excluding hydrogens is 556 g/mol. The Morgan fingerprint density at radius 3 is 2.10 bits per heavy atom. The predicted octanol–water partition coefficient (Wildman–Crippen LogP) is 3.54. The Morgan fingerprint density at radius 2 is 1.50 bits per heavy atom. The topological polar surface area (TPSA) is 168 Å². The van der Waals surface area contributed by atoms with Gasteiger partial charge in [-0.3, -0.25) is 9.78 Å². The zero-order valence-electron chi connectivity index (χ0n) is 21.8. The second-order valence-corrected chi connectivity index (χ2v) is 13.1. The molecular formula is C27H28N4O7S2. The number of fused-ring (bicyclic) bond motifs is 1. The fraction of sp³-hybridized carbons (Fsp3) is 0.222. The Bertz CT molecular complexity index is 1790. The standard InChI is InChI=1S/C27H28N4O7S2/c1-3-11-39(35,36)25-23-15-20(19-5-8-28-9-6-19)7-10-31(23)24(26(25)40(37,38)12-4-2)27(34)30-29-17-18-13-21(32)16-22(33)14-18/h5-10,13-17,32-33H,3-4,11-12H2,1-2H3,(H,30,34). The first-order chi connectivity index (χ1) is 19.0. The molecule has 0 bridgehead atoms. The molecule has 1 amide bonds. The number of benzene rings is 1. The van der Waals surface area contributed by atoms with Crippen molar-refractivity contribution in [3.63, 3.8) is 0 Å². The highest BCUT2D eigenvalue weighted by Gasteiger charge is 2.37. The number of nitrogens with zero attached hydrogens (tertiary/aromatic N) is 3. The molecule has 13 heteroatoms. The molecule has 0 fully saturated rings. The van der Waals surface area contributed by atoms with Gasteiger partial charge in [-0.15, -0.1) is 0 Å². The van der Waals surface area contributed by atoms with E-state index in [1.54, 1.807) is 50.5 Å². The minimum atomic E-state index is -4.23. The van der Waals surface area contributed by atoms with Gasteiger partial charge in [0, 0.05) is 30.2 Å². The van der Waals surface area contributed by atoms with Crippen LogP contribution >= 0.6 is 0 Å². The molecule has 3 heterocycles. The number of phenolic OH excluding ortho intramolecular Hbond substituents is 2. The van der Waals surface area contributed by atoms with E-state index in [1.807, 2.05) is 0 Å². The smallest absolute Gasteiger partial charge is 0.289 e. The van der Waals surface area contributed by atoms with Gasteiger partial charge in [0.1, 0.15) is 27.0 Å². The Balaban J connectivity index is 1.96. The van der Waals surface area contributed by atoms with Crippen LogP contribution in [0, 0.1) is 0 Å². The molecule has 1 aromatic carbocycles. The van der Waals surface area contributed by atoms with Crippen molar-refractivity contribution in [1.29, 1.82) is 0 Å². The van der Waals surface area contributed by atoms with Gasteiger partial charge >= 0.3 is 0 Å². The molecule has 0 aliphatic carbocycles. The van der Waals surface area contributed by atoms with Crippen LogP contribution in [0.1, 0.15) is 42.7 Å². The lowest BCUT2D eigenvalue weighted by atomic mass is 10.1. The van der Waals surface area contributed by atoms with Crippen molar-refractivity contribution in [2.24, 2.45) is 5.10 Å². The number of amides is 1. The molecule has 0 saturated heterocycles. The van der Waals surface area contributed by atoms with Crippen molar-refractivity contribution in [3.05, 3.63) is 72.3 Å². The highest BCUT2D eigenvalue weighted by Crippen LogP contribution is 2.36. The largest absolute Gasteiger partial charge is 0.508 e. The van der Waals surface area contributed by atoms with Gasteiger partial charge < -0.3 is 14.6 Å². The summed E-state index contributed by atoms with van der Waals surface area (Å²) in [7, 11) is -8.37. The minimum Gasteiger partial charge on any atom is -0.508 e. The Kier molecular flexibility index (Phi) is 8.26. The monoisotopic (exact) mass is 584 g/mol. The van der Waals surface area contributed by atoms with Gasteiger partial charge in [0.2, 0.25) is 0 Å². The number of aromatic hydroxyl groups is 2. The average molecular weight is 585 g/mol. The number of phenols is 2. The summed E-state index contributed by atoms with van der Waals surface area (Å²) in [5.74, 6) is -2.11. The van der Waals surface area contributed by atoms with Gasteiger partial charge in [-0.1, -0.05) is 13.8 Å². The molecule has 3 aromatic heterocycles. The van der Waals surface area contributed by atoms with Crippen LogP contribution < -0.4 is 5.43 Å². The average Bonchev–Trinajstić information content (AvgIpc) is 3.25. The van der Waals surface area contributed by atoms with E-state index in [2.05, 4.69) is 15.5 Å². The summed E-state index contributed by atoms with van der Waals surface area (Å²) in [5.41, 5.74) is 3.49. The van der Waals surface area contributed by atoms with Crippen molar-refractivity contribution >= 4 is 37.3 Å². The zero-order chi connectivity index (χ0) is 29.1. The molecule has 0 aliphatic rings. The van der Waals surface area contributed by atoms with E-state index in [0.29, 0.717) is 5.56 Å². The second kappa shape index (κ2) is 11.5. The molecule has 40 heavy (non-hydrogen) atoms. The van der Waals surface area contributed by atoms with E-state index in [0.717, 1.165) is 17.8 Å². The van der Waals surface area contributed by atoms with Crippen molar-refractivity contribution in [1.82, 2.24) is 14.8 Å². The van der Waals surface area contributed by atoms with Gasteiger partial charge in [-0.25, -0.2) is 22.3 Å². The summed E-state index contributed by atoms with van der Waals surface area (Å²) in [6, 6.07) is 10.3. The van der Waals surface area contributed by atoms with Crippen LogP contribution in [0.3, 0.4) is 0 Å². The molecule has 11 nitrogen and oxygen atoms in total. The van der Waals surface area contributed by atoms with Crippen LogP contribution in [0.15, 0.2) is 75.9 Å². The van der Waals surface area contributed by atoms with Crippen LogP contribution in [0.5, 0.6) is 11.5 Å². The van der Waals surface area contributed by atoms with E-state index in [4.69, 9.17) is 0 Å².